The lowest BCUT2D eigenvalue weighted by Crippen LogP contribution is -2.46. The summed E-state index contributed by atoms with van der Waals surface area (Å²) >= 11 is 0. The Morgan fingerprint density at radius 3 is 2.61 bits per heavy atom. The number of para-hydroxylation sites is 2. The fourth-order valence-electron chi connectivity index (χ4n) is 8.55. The zero-order chi connectivity index (χ0) is 34.7. The normalized spacial score (nSPS) is 26.3. The first-order valence-corrected chi connectivity index (χ1v) is 19.9. The lowest BCUT2D eigenvalue weighted by Gasteiger charge is -2.33. The molecule has 49 heavy (non-hydrogen) atoms. The van der Waals surface area contributed by atoms with Gasteiger partial charge in [-0.05, 0) is 74.0 Å². The maximum atomic E-state index is 14.9. The van der Waals surface area contributed by atoms with E-state index in [9.17, 15) is 24.3 Å². The fourth-order valence-corrected chi connectivity index (χ4v) is 11.1. The lowest BCUT2D eigenvalue weighted by molar-refractivity contribution is -0.150. The Hall–Kier alpha value is -4.23. The summed E-state index contributed by atoms with van der Waals surface area (Å²) in [6.45, 7) is 6.20. The predicted octanol–water partition coefficient (Wildman–Crippen LogP) is 4.47. The third kappa shape index (κ3) is 5.51. The van der Waals surface area contributed by atoms with Gasteiger partial charge in [0, 0.05) is 29.3 Å². The molecule has 2 fully saturated rings. The van der Waals surface area contributed by atoms with Gasteiger partial charge >= 0.3 is 0 Å². The Bertz CT molecular complexity index is 1800. The van der Waals surface area contributed by atoms with Crippen molar-refractivity contribution in [2.45, 2.75) is 69.1 Å². The molecule has 11 nitrogen and oxygen atoms in total. The molecule has 12 heteroatoms. The molecule has 3 aromatic rings. The van der Waals surface area contributed by atoms with Gasteiger partial charge in [0.05, 0.1) is 50.2 Å². The molecule has 0 bridgehead atoms. The second kappa shape index (κ2) is 12.6. The molecule has 2 N–H and O–H groups in total. The van der Waals surface area contributed by atoms with Crippen LogP contribution in [0.25, 0.3) is 0 Å². The molecule has 7 rings (SSSR count). The smallest absolute Gasteiger partial charge is 0.269 e. The predicted molar refractivity (Wildman–Crippen MR) is 185 cm³/mol. The highest BCUT2D eigenvalue weighted by Crippen LogP contribution is 2.60. The number of hydrogen-bond acceptors (Lipinski definition) is 8. The topological polar surface area (TPSA) is 129 Å². The van der Waals surface area contributed by atoms with Gasteiger partial charge in [-0.1, -0.05) is 31.2 Å². The molecule has 0 unspecified atom stereocenters. The van der Waals surface area contributed by atoms with Crippen LogP contribution in [0.1, 0.15) is 37.3 Å². The van der Waals surface area contributed by atoms with Gasteiger partial charge < -0.3 is 33.9 Å². The van der Waals surface area contributed by atoms with Crippen molar-refractivity contribution in [1.29, 1.82) is 0 Å². The van der Waals surface area contributed by atoms with Crippen LogP contribution in [0, 0.1) is 5.92 Å². The Balaban J connectivity index is 1.25. The number of anilines is 3. The Labute approximate surface area is 287 Å². The van der Waals surface area contributed by atoms with Crippen LogP contribution in [0.3, 0.4) is 0 Å². The number of likely N-dealkylation sites (tertiary alicyclic amines) is 1. The van der Waals surface area contributed by atoms with E-state index < -0.39 is 31.5 Å². The van der Waals surface area contributed by atoms with E-state index in [0.29, 0.717) is 40.7 Å². The van der Waals surface area contributed by atoms with Crippen molar-refractivity contribution in [2.75, 3.05) is 36.7 Å². The third-order valence-corrected chi connectivity index (χ3v) is 13.2. The van der Waals surface area contributed by atoms with Crippen molar-refractivity contribution < 1.29 is 38.5 Å². The molecule has 0 radical (unpaired) electrons. The van der Waals surface area contributed by atoms with Gasteiger partial charge in [-0.3, -0.25) is 19.3 Å². The summed E-state index contributed by atoms with van der Waals surface area (Å²) in [5, 5.41) is 9.88. The minimum atomic E-state index is -3.00. The number of benzene rings is 3. The van der Waals surface area contributed by atoms with Crippen LogP contribution in [0.5, 0.6) is 11.5 Å². The van der Waals surface area contributed by atoms with Crippen LogP contribution in [0.2, 0.25) is 18.6 Å². The monoisotopic (exact) mass is 685 g/mol. The van der Waals surface area contributed by atoms with E-state index in [1.165, 1.54) is 0 Å². The van der Waals surface area contributed by atoms with Gasteiger partial charge in [0.2, 0.25) is 5.91 Å². The van der Waals surface area contributed by atoms with Gasteiger partial charge in [0.25, 0.3) is 11.8 Å². The molecule has 3 aromatic carbocycles. The van der Waals surface area contributed by atoms with E-state index >= 15 is 0 Å². The molecular weight excluding hydrogens is 643 g/mol. The second-order valence-electron chi connectivity index (χ2n) is 14.1. The van der Waals surface area contributed by atoms with Crippen molar-refractivity contribution >= 4 is 43.1 Å². The van der Waals surface area contributed by atoms with Crippen LogP contribution in [-0.4, -0.2) is 79.9 Å². The second-order valence-corrected chi connectivity index (χ2v) is 18.0. The molecule has 0 saturated carbocycles. The molecule has 258 valence electrons. The van der Waals surface area contributed by atoms with E-state index in [1.54, 1.807) is 21.8 Å². The van der Waals surface area contributed by atoms with Crippen molar-refractivity contribution in [3.63, 3.8) is 0 Å². The average Bonchev–Trinajstić information content (AvgIpc) is 3.75. The number of fused-ring (bicyclic) bond motifs is 3. The minimum Gasteiger partial charge on any atom is -0.497 e. The molecule has 4 aliphatic heterocycles. The molecule has 3 amide bonds. The molecule has 0 aliphatic carbocycles. The van der Waals surface area contributed by atoms with Gasteiger partial charge in [-0.15, -0.1) is 0 Å². The van der Waals surface area contributed by atoms with E-state index in [2.05, 4.69) is 0 Å². The van der Waals surface area contributed by atoms with Crippen LogP contribution in [0.15, 0.2) is 66.7 Å². The number of amides is 3. The zero-order valence-corrected chi connectivity index (χ0v) is 29.3. The highest BCUT2D eigenvalue weighted by Gasteiger charge is 2.66. The van der Waals surface area contributed by atoms with Gasteiger partial charge in [0.1, 0.15) is 11.5 Å². The maximum absolute atomic E-state index is 14.9. The summed E-state index contributed by atoms with van der Waals surface area (Å²) in [5.41, 5.74) is 1.55. The zero-order valence-electron chi connectivity index (χ0n) is 28.3. The number of ether oxygens (including phenoxy) is 3. The minimum absolute atomic E-state index is 0.00786. The molecule has 1 spiro atoms. The van der Waals surface area contributed by atoms with Crippen molar-refractivity contribution in [2.24, 2.45) is 5.92 Å². The number of carbonyl (C=O) groups is 3. The van der Waals surface area contributed by atoms with Crippen molar-refractivity contribution in [3.8, 4) is 11.5 Å². The summed E-state index contributed by atoms with van der Waals surface area (Å²) in [4.78, 5) is 58.4. The summed E-state index contributed by atoms with van der Waals surface area (Å²) in [5.74, 6) is 0.122. The summed E-state index contributed by atoms with van der Waals surface area (Å²) < 4.78 is 18.1. The van der Waals surface area contributed by atoms with Crippen LogP contribution < -0.4 is 19.3 Å². The Morgan fingerprint density at radius 1 is 1.06 bits per heavy atom. The number of aliphatic hydroxyl groups is 1. The Morgan fingerprint density at radius 2 is 1.86 bits per heavy atom. The number of hydrogen-bond donors (Lipinski definition) is 2. The number of methoxy groups -OCH3 is 1. The summed E-state index contributed by atoms with van der Waals surface area (Å²) in [6.07, 6.45) is 0.869. The van der Waals surface area contributed by atoms with Gasteiger partial charge in [-0.25, -0.2) is 0 Å². The molecule has 4 aliphatic rings. The largest absolute Gasteiger partial charge is 0.497 e. The average molecular weight is 686 g/mol. The first-order chi connectivity index (χ1) is 23.5. The van der Waals surface area contributed by atoms with E-state index in [1.807, 2.05) is 86.7 Å². The van der Waals surface area contributed by atoms with Crippen LogP contribution in [-0.2, 0) is 31.3 Å². The number of aliphatic hydroxyl groups excluding tert-OH is 1. The quantitative estimate of drug-likeness (QED) is 0.333. The van der Waals surface area contributed by atoms with E-state index in [-0.39, 0.29) is 49.9 Å². The number of carbonyl (C=O) groups excluding carboxylic acids is 3. The Kier molecular flexibility index (Phi) is 8.54. The van der Waals surface area contributed by atoms with Gasteiger partial charge in [0.15, 0.2) is 20.5 Å². The summed E-state index contributed by atoms with van der Waals surface area (Å²) in [6, 6.07) is 20.2. The molecule has 2 saturated heterocycles. The van der Waals surface area contributed by atoms with Crippen molar-refractivity contribution in [1.82, 2.24) is 4.90 Å². The SMILES string of the molecule is COc1ccc2c(c1)[C@@]1(O[C@H](CC(=O)N3CCC[C@H]3CO)[C@@H]([Si](C)(C)O)[C@@H]1C)C(=O)N2Cc1cccc(N2C(=O)COc3ccccc32)c1. The molecule has 4 heterocycles. The van der Waals surface area contributed by atoms with E-state index in [0.717, 1.165) is 18.4 Å². The molecular formula is C37H43N3O8Si. The first-order valence-electron chi connectivity index (χ1n) is 16.9. The van der Waals surface area contributed by atoms with Crippen LogP contribution in [0.4, 0.5) is 17.1 Å². The lowest BCUT2D eigenvalue weighted by atomic mass is 9.82. The number of nitrogens with zero attached hydrogens (tertiary/aromatic N) is 3. The maximum Gasteiger partial charge on any atom is 0.269 e. The number of rotatable bonds is 8. The third-order valence-electron chi connectivity index (χ3n) is 10.7. The van der Waals surface area contributed by atoms with Gasteiger partial charge in [-0.2, -0.15) is 0 Å². The van der Waals surface area contributed by atoms with Crippen molar-refractivity contribution in [3.05, 3.63) is 77.9 Å². The molecule has 0 aromatic heterocycles. The fraction of sp³-hybridized carbons (Fsp3) is 0.432. The highest BCUT2D eigenvalue weighted by atomic mass is 28.4. The highest BCUT2D eigenvalue weighted by molar-refractivity contribution is 6.71. The van der Waals surface area contributed by atoms with Crippen LogP contribution >= 0.6 is 0 Å². The molecule has 5 atom stereocenters. The summed E-state index contributed by atoms with van der Waals surface area (Å²) in [7, 11) is -1.43. The first kappa shape index (κ1) is 33.3. The standard InChI is InChI=1S/C37H43N3O8Si/c1-23-35(49(3,4)45)32(19-33(42)38-16-8-11-26(38)21-41)48-37(23)28-18-27(46-2)14-15-29(28)39(36(37)44)20-24-9-7-10-25(17-24)40-30-12-5-6-13-31(30)47-22-34(40)43/h5-7,9-10,12-15,17-18,23,26,32,35,41,45H,8,11,16,19-22H2,1-4H3/t23-,26-,32+,35-,37+/m0/s1. The van der Waals surface area contributed by atoms with E-state index in [4.69, 9.17) is 14.2 Å².